The van der Waals surface area contributed by atoms with Crippen LogP contribution in [0.25, 0.3) is 16.8 Å². The Labute approximate surface area is 196 Å². The summed E-state index contributed by atoms with van der Waals surface area (Å²) >= 11 is 6.46. The van der Waals surface area contributed by atoms with Crippen molar-refractivity contribution in [2.45, 2.75) is 38.6 Å². The van der Waals surface area contributed by atoms with E-state index in [9.17, 15) is 5.26 Å². The van der Waals surface area contributed by atoms with Crippen LogP contribution in [0.15, 0.2) is 60.3 Å². The number of hydrogen-bond acceptors (Lipinski definition) is 4. The minimum absolute atomic E-state index is 0.496. The summed E-state index contributed by atoms with van der Waals surface area (Å²) < 4.78 is 8.45. The summed E-state index contributed by atoms with van der Waals surface area (Å²) in [6.07, 6.45) is 4.91. The number of ether oxygens (including phenoxy) is 1. The summed E-state index contributed by atoms with van der Waals surface area (Å²) in [5.41, 5.74) is 6.38. The molecule has 4 aromatic rings. The second-order valence-corrected chi connectivity index (χ2v) is 9.15. The molecule has 5 nitrogen and oxygen atoms in total. The lowest BCUT2D eigenvalue weighted by Crippen LogP contribution is -2.07. The summed E-state index contributed by atoms with van der Waals surface area (Å²) in [5.74, 6) is 2.90. The Hall–Kier alpha value is -3.62. The van der Waals surface area contributed by atoms with Crippen molar-refractivity contribution in [1.29, 1.82) is 5.26 Å². The number of imidazole rings is 1. The number of nitriles is 1. The van der Waals surface area contributed by atoms with E-state index >= 15 is 0 Å². The summed E-state index contributed by atoms with van der Waals surface area (Å²) in [6, 6.07) is 18.3. The molecule has 0 N–H and O–H groups in total. The molecule has 0 saturated heterocycles. The fraction of sp³-hybridized carbons (Fsp3) is 0.222. The van der Waals surface area contributed by atoms with Crippen molar-refractivity contribution >= 4 is 28.4 Å². The first-order valence-corrected chi connectivity index (χ1v) is 11.5. The van der Waals surface area contributed by atoms with E-state index in [1.807, 2.05) is 36.5 Å². The van der Waals surface area contributed by atoms with Crippen LogP contribution < -0.4 is 4.74 Å². The van der Waals surface area contributed by atoms with Gasteiger partial charge in [-0.2, -0.15) is 5.26 Å². The molecule has 1 aliphatic heterocycles. The molecule has 1 fully saturated rings. The van der Waals surface area contributed by atoms with Gasteiger partial charge in [0.2, 0.25) is 0 Å². The predicted molar refractivity (Wildman–Crippen MR) is 128 cm³/mol. The molecule has 0 unspecified atom stereocenters. The van der Waals surface area contributed by atoms with E-state index in [0.717, 1.165) is 45.0 Å². The Morgan fingerprint density at radius 1 is 1.18 bits per heavy atom. The normalized spacial score (nSPS) is 16.4. The quantitative estimate of drug-likeness (QED) is 0.345. The van der Waals surface area contributed by atoms with Gasteiger partial charge in [0.05, 0.1) is 28.7 Å². The molecule has 2 aliphatic rings. The van der Waals surface area contributed by atoms with Crippen molar-refractivity contribution in [2.75, 3.05) is 0 Å². The molecule has 0 spiro atoms. The molecule has 33 heavy (non-hydrogen) atoms. The Kier molecular flexibility index (Phi) is 4.70. The summed E-state index contributed by atoms with van der Waals surface area (Å²) in [5, 5.41) is 10.2. The zero-order valence-corrected chi connectivity index (χ0v) is 18.9. The van der Waals surface area contributed by atoms with Crippen LogP contribution in [0, 0.1) is 11.3 Å². The highest BCUT2D eigenvalue weighted by molar-refractivity contribution is 6.34. The van der Waals surface area contributed by atoms with Crippen LogP contribution in [0.4, 0.5) is 0 Å². The van der Waals surface area contributed by atoms with E-state index < -0.39 is 0 Å². The third kappa shape index (κ3) is 3.48. The highest BCUT2D eigenvalue weighted by Crippen LogP contribution is 2.42. The highest BCUT2D eigenvalue weighted by Gasteiger charge is 2.30. The number of nitrogens with zero attached hydrogens (tertiary/aromatic N) is 4. The van der Waals surface area contributed by atoms with Crippen LogP contribution in [-0.2, 0) is 13.0 Å². The van der Waals surface area contributed by atoms with Gasteiger partial charge in [0, 0.05) is 18.5 Å². The van der Waals surface area contributed by atoms with E-state index in [-0.39, 0.29) is 0 Å². The standard InChI is InChI=1S/C27H21ClN4O/c1-16(13-29)26-24-20(12-19-5-2-3-8-23(19)33-26)11-17(14-30-24)15-32-22-7-4-6-21(28)25(22)31-27(32)18-9-10-18/h2-8,11,14,18H,9-10,12,15H2,1H3. The monoisotopic (exact) mass is 452 g/mol. The molecule has 6 rings (SSSR count). The molecular weight excluding hydrogens is 432 g/mol. The fourth-order valence-corrected chi connectivity index (χ4v) is 4.75. The molecule has 1 saturated carbocycles. The maximum absolute atomic E-state index is 9.55. The molecule has 0 amide bonds. The number of rotatable bonds is 3. The van der Waals surface area contributed by atoms with Crippen LogP contribution in [-0.4, -0.2) is 14.5 Å². The second-order valence-electron chi connectivity index (χ2n) is 8.74. The average Bonchev–Trinajstić information content (AvgIpc) is 3.63. The summed E-state index contributed by atoms with van der Waals surface area (Å²) in [4.78, 5) is 9.68. The average molecular weight is 453 g/mol. The van der Waals surface area contributed by atoms with Gasteiger partial charge in [0.25, 0.3) is 0 Å². The van der Waals surface area contributed by atoms with Gasteiger partial charge in [-0.25, -0.2) is 4.98 Å². The number of para-hydroxylation sites is 2. The minimum Gasteiger partial charge on any atom is -0.454 e. The van der Waals surface area contributed by atoms with Crippen molar-refractivity contribution in [1.82, 2.24) is 14.5 Å². The number of halogens is 1. The van der Waals surface area contributed by atoms with Gasteiger partial charge in [-0.05, 0) is 60.7 Å². The molecular formula is C27H21ClN4O. The number of pyridine rings is 1. The summed E-state index contributed by atoms with van der Waals surface area (Å²) in [6.45, 7) is 2.44. The van der Waals surface area contributed by atoms with Gasteiger partial charge < -0.3 is 9.30 Å². The molecule has 1 aliphatic carbocycles. The first kappa shape index (κ1) is 20.0. The van der Waals surface area contributed by atoms with Crippen LogP contribution in [0.2, 0.25) is 5.02 Å². The van der Waals surface area contributed by atoms with Gasteiger partial charge in [-0.15, -0.1) is 0 Å². The Morgan fingerprint density at radius 2 is 2.03 bits per heavy atom. The van der Waals surface area contributed by atoms with Crippen LogP contribution >= 0.6 is 11.6 Å². The molecule has 0 radical (unpaired) electrons. The topological polar surface area (TPSA) is 63.7 Å². The largest absolute Gasteiger partial charge is 0.454 e. The third-order valence-electron chi connectivity index (χ3n) is 6.35. The lowest BCUT2D eigenvalue weighted by Gasteiger charge is -2.13. The van der Waals surface area contributed by atoms with E-state index in [0.29, 0.717) is 35.2 Å². The third-order valence-corrected chi connectivity index (χ3v) is 6.66. The van der Waals surface area contributed by atoms with E-state index in [4.69, 9.17) is 26.3 Å². The first-order valence-electron chi connectivity index (χ1n) is 11.1. The van der Waals surface area contributed by atoms with Gasteiger partial charge in [-0.3, -0.25) is 4.98 Å². The van der Waals surface area contributed by atoms with E-state index in [2.05, 4.69) is 28.8 Å². The Morgan fingerprint density at radius 3 is 2.85 bits per heavy atom. The van der Waals surface area contributed by atoms with Crippen molar-refractivity contribution in [3.63, 3.8) is 0 Å². The summed E-state index contributed by atoms with van der Waals surface area (Å²) in [7, 11) is 0. The fourth-order valence-electron chi connectivity index (χ4n) is 4.54. The zero-order valence-electron chi connectivity index (χ0n) is 18.2. The number of allylic oxidation sites excluding steroid dienone is 1. The Bertz CT molecular complexity index is 1490. The Balaban J connectivity index is 1.47. The molecule has 3 heterocycles. The lowest BCUT2D eigenvalue weighted by molar-refractivity contribution is 0.508. The van der Waals surface area contributed by atoms with Gasteiger partial charge in [0.1, 0.15) is 22.8 Å². The predicted octanol–water partition coefficient (Wildman–Crippen LogP) is 6.25. The van der Waals surface area contributed by atoms with Gasteiger partial charge >= 0.3 is 0 Å². The molecule has 6 heteroatoms. The smallest absolute Gasteiger partial charge is 0.166 e. The zero-order chi connectivity index (χ0) is 22.5. The van der Waals surface area contributed by atoms with Crippen molar-refractivity contribution in [2.24, 2.45) is 0 Å². The van der Waals surface area contributed by atoms with Crippen LogP contribution in [0.3, 0.4) is 0 Å². The first-order chi connectivity index (χ1) is 16.1. The maximum atomic E-state index is 9.55. The minimum atomic E-state index is 0.496. The molecule has 162 valence electrons. The SMILES string of the molecule is CC(C#N)=C1Oc2ccccc2Cc2cc(Cn3c(C4CC4)nc4c(Cl)cccc43)cnc21. The second kappa shape index (κ2) is 7.75. The lowest BCUT2D eigenvalue weighted by atomic mass is 10.0. The van der Waals surface area contributed by atoms with Crippen molar-refractivity contribution < 1.29 is 4.74 Å². The van der Waals surface area contributed by atoms with E-state index in [1.165, 1.54) is 12.8 Å². The van der Waals surface area contributed by atoms with Crippen molar-refractivity contribution in [3.8, 4) is 11.8 Å². The molecule has 0 atom stereocenters. The van der Waals surface area contributed by atoms with Crippen molar-refractivity contribution in [3.05, 3.63) is 93.5 Å². The number of hydrogen-bond donors (Lipinski definition) is 0. The van der Waals surface area contributed by atoms with Crippen LogP contribution in [0.5, 0.6) is 5.75 Å². The number of aromatic nitrogens is 3. The number of fused-ring (bicyclic) bond motifs is 3. The molecule has 2 aromatic heterocycles. The molecule has 2 aromatic carbocycles. The molecule has 0 bridgehead atoms. The van der Waals surface area contributed by atoms with Gasteiger partial charge in [0.15, 0.2) is 5.76 Å². The number of benzene rings is 2. The maximum Gasteiger partial charge on any atom is 0.166 e. The van der Waals surface area contributed by atoms with Gasteiger partial charge in [-0.1, -0.05) is 35.9 Å². The van der Waals surface area contributed by atoms with Crippen LogP contribution in [0.1, 0.15) is 53.9 Å². The highest BCUT2D eigenvalue weighted by atomic mass is 35.5. The van der Waals surface area contributed by atoms with E-state index in [1.54, 1.807) is 6.92 Å².